The van der Waals surface area contributed by atoms with Crippen LogP contribution in [0, 0.1) is 5.92 Å². The molecule has 88 valence electrons. The van der Waals surface area contributed by atoms with Gasteiger partial charge < -0.3 is 10.4 Å². The van der Waals surface area contributed by atoms with Crippen LogP contribution in [0.3, 0.4) is 0 Å². The van der Waals surface area contributed by atoms with Crippen molar-refractivity contribution in [3.8, 4) is 0 Å². The van der Waals surface area contributed by atoms with Gasteiger partial charge in [-0.2, -0.15) is 0 Å². The van der Waals surface area contributed by atoms with E-state index < -0.39 is 0 Å². The molecule has 16 heavy (non-hydrogen) atoms. The average Bonchev–Trinajstić information content (AvgIpc) is 2.20. The van der Waals surface area contributed by atoms with Gasteiger partial charge in [0, 0.05) is 5.69 Å². The summed E-state index contributed by atoms with van der Waals surface area (Å²) in [6.45, 7) is 4.24. The van der Waals surface area contributed by atoms with Crippen LogP contribution < -0.4 is 5.32 Å². The van der Waals surface area contributed by atoms with Gasteiger partial charge in [0.05, 0.1) is 13.0 Å². The van der Waals surface area contributed by atoms with Gasteiger partial charge in [-0.15, -0.1) is 0 Å². The molecule has 0 heterocycles. The highest BCUT2D eigenvalue weighted by molar-refractivity contribution is 5.90. The molecule has 0 aromatic heterocycles. The van der Waals surface area contributed by atoms with Crippen molar-refractivity contribution in [2.75, 3.05) is 11.9 Å². The Bertz CT molecular complexity index is 330. The lowest BCUT2D eigenvalue weighted by Gasteiger charge is -2.07. The first-order valence-corrected chi connectivity index (χ1v) is 5.61. The maximum Gasteiger partial charge on any atom is 0.226 e. The molecule has 0 fully saturated rings. The molecule has 3 heteroatoms. The molecule has 0 radical (unpaired) electrons. The van der Waals surface area contributed by atoms with Crippen molar-refractivity contribution in [2.45, 2.75) is 26.7 Å². The molecule has 2 N–H and O–H groups in total. The van der Waals surface area contributed by atoms with Gasteiger partial charge >= 0.3 is 0 Å². The lowest BCUT2D eigenvalue weighted by atomic mass is 10.0. The zero-order chi connectivity index (χ0) is 12.0. The number of hydrogen-bond acceptors (Lipinski definition) is 2. The number of anilines is 1. The van der Waals surface area contributed by atoms with Gasteiger partial charge in [0.1, 0.15) is 0 Å². The summed E-state index contributed by atoms with van der Waals surface area (Å²) >= 11 is 0. The van der Waals surface area contributed by atoms with Crippen LogP contribution in [-0.4, -0.2) is 17.6 Å². The van der Waals surface area contributed by atoms with E-state index in [1.807, 2.05) is 24.3 Å². The molecule has 1 amide bonds. The van der Waals surface area contributed by atoms with Crippen molar-refractivity contribution in [2.24, 2.45) is 5.92 Å². The first-order valence-electron chi connectivity index (χ1n) is 5.61. The number of carbonyl (C=O) groups excluding carboxylic acids is 1. The second-order valence-electron chi connectivity index (χ2n) is 4.32. The molecule has 0 aliphatic rings. The Hall–Kier alpha value is -1.35. The van der Waals surface area contributed by atoms with E-state index in [9.17, 15) is 4.79 Å². The fraction of sp³-hybridized carbons (Fsp3) is 0.462. The molecule has 0 saturated heterocycles. The van der Waals surface area contributed by atoms with E-state index in [1.165, 1.54) is 5.56 Å². The largest absolute Gasteiger partial charge is 0.396 e. The van der Waals surface area contributed by atoms with E-state index in [1.54, 1.807) is 0 Å². The first-order chi connectivity index (χ1) is 7.61. The molecule has 3 nitrogen and oxygen atoms in total. The standard InChI is InChI=1S/C13H19NO2/c1-10(2)9-11-3-5-12(6-4-11)14-13(16)7-8-15/h3-6,10,15H,7-9H2,1-2H3,(H,14,16). The number of aliphatic hydroxyl groups is 1. The smallest absolute Gasteiger partial charge is 0.226 e. The predicted molar refractivity (Wildman–Crippen MR) is 65.3 cm³/mol. The summed E-state index contributed by atoms with van der Waals surface area (Å²) in [5, 5.41) is 11.3. The molecule has 0 spiro atoms. The van der Waals surface area contributed by atoms with Crippen LogP contribution in [0.5, 0.6) is 0 Å². The molecule has 0 unspecified atom stereocenters. The number of rotatable bonds is 5. The number of carbonyl (C=O) groups is 1. The highest BCUT2D eigenvalue weighted by Crippen LogP contribution is 2.13. The molecule has 0 aliphatic carbocycles. The Kier molecular flexibility index (Phi) is 4.99. The molecular formula is C13H19NO2. The Morgan fingerprint density at radius 1 is 1.31 bits per heavy atom. The van der Waals surface area contributed by atoms with Gasteiger partial charge in [0.2, 0.25) is 5.91 Å². The fourth-order valence-electron chi connectivity index (χ4n) is 1.52. The first kappa shape index (κ1) is 12.7. The number of nitrogens with one attached hydrogen (secondary N) is 1. The highest BCUT2D eigenvalue weighted by Gasteiger charge is 2.02. The Balaban J connectivity index is 2.54. The lowest BCUT2D eigenvalue weighted by Crippen LogP contribution is -2.12. The van der Waals surface area contributed by atoms with Gasteiger partial charge in [-0.05, 0) is 30.0 Å². The third-order valence-corrected chi connectivity index (χ3v) is 2.22. The maximum absolute atomic E-state index is 11.2. The van der Waals surface area contributed by atoms with Gasteiger partial charge in [0.15, 0.2) is 0 Å². The van der Waals surface area contributed by atoms with Crippen molar-refractivity contribution >= 4 is 11.6 Å². The van der Waals surface area contributed by atoms with Gasteiger partial charge in [-0.1, -0.05) is 26.0 Å². The van der Waals surface area contributed by atoms with E-state index in [0.717, 1.165) is 12.1 Å². The third kappa shape index (κ3) is 4.45. The number of hydrogen-bond donors (Lipinski definition) is 2. The maximum atomic E-state index is 11.2. The zero-order valence-corrected chi connectivity index (χ0v) is 9.86. The molecule has 0 aliphatic heterocycles. The molecule has 0 bridgehead atoms. The van der Waals surface area contributed by atoms with Crippen LogP contribution in [0.25, 0.3) is 0 Å². The van der Waals surface area contributed by atoms with E-state index in [2.05, 4.69) is 19.2 Å². The highest BCUT2D eigenvalue weighted by atomic mass is 16.3. The molecule has 1 rings (SSSR count). The number of aliphatic hydroxyl groups excluding tert-OH is 1. The molecule has 1 aromatic carbocycles. The van der Waals surface area contributed by atoms with Crippen molar-refractivity contribution < 1.29 is 9.90 Å². The van der Waals surface area contributed by atoms with Crippen LogP contribution in [0.4, 0.5) is 5.69 Å². The zero-order valence-electron chi connectivity index (χ0n) is 9.86. The van der Waals surface area contributed by atoms with E-state index >= 15 is 0 Å². The quantitative estimate of drug-likeness (QED) is 0.800. The monoisotopic (exact) mass is 221 g/mol. The SMILES string of the molecule is CC(C)Cc1ccc(NC(=O)CCO)cc1. The summed E-state index contributed by atoms with van der Waals surface area (Å²) in [5.74, 6) is 0.480. The molecule has 0 saturated carbocycles. The summed E-state index contributed by atoms with van der Waals surface area (Å²) in [5.41, 5.74) is 2.06. The second-order valence-corrected chi connectivity index (χ2v) is 4.32. The lowest BCUT2D eigenvalue weighted by molar-refractivity contribution is -0.116. The molecule has 1 aromatic rings. The van der Waals surface area contributed by atoms with E-state index in [4.69, 9.17) is 5.11 Å². The summed E-state index contributed by atoms with van der Waals surface area (Å²) in [6.07, 6.45) is 1.19. The van der Waals surface area contributed by atoms with Gasteiger partial charge in [-0.25, -0.2) is 0 Å². The summed E-state index contributed by atoms with van der Waals surface area (Å²) in [7, 11) is 0. The Morgan fingerprint density at radius 2 is 1.94 bits per heavy atom. The van der Waals surface area contributed by atoms with Crippen molar-refractivity contribution in [3.63, 3.8) is 0 Å². The van der Waals surface area contributed by atoms with Crippen LogP contribution in [0.2, 0.25) is 0 Å². The van der Waals surface area contributed by atoms with Crippen LogP contribution in [0.1, 0.15) is 25.8 Å². The van der Waals surface area contributed by atoms with Crippen molar-refractivity contribution in [1.82, 2.24) is 0 Å². The minimum Gasteiger partial charge on any atom is -0.396 e. The normalized spacial score (nSPS) is 10.5. The topological polar surface area (TPSA) is 49.3 Å². The minimum absolute atomic E-state index is 0.114. The third-order valence-electron chi connectivity index (χ3n) is 2.22. The van der Waals surface area contributed by atoms with Crippen LogP contribution in [-0.2, 0) is 11.2 Å². The van der Waals surface area contributed by atoms with Crippen molar-refractivity contribution in [1.29, 1.82) is 0 Å². The molecule has 0 atom stereocenters. The van der Waals surface area contributed by atoms with Crippen LogP contribution >= 0.6 is 0 Å². The number of benzene rings is 1. The minimum atomic E-state index is -0.154. The predicted octanol–water partition coefficient (Wildman–Crippen LogP) is 2.21. The van der Waals surface area contributed by atoms with Gasteiger partial charge in [-0.3, -0.25) is 4.79 Å². The summed E-state index contributed by atoms with van der Waals surface area (Å²) < 4.78 is 0. The van der Waals surface area contributed by atoms with E-state index in [0.29, 0.717) is 5.92 Å². The number of amides is 1. The molecular weight excluding hydrogens is 202 g/mol. The average molecular weight is 221 g/mol. The Labute approximate surface area is 96.5 Å². The second kappa shape index (κ2) is 6.28. The van der Waals surface area contributed by atoms with Crippen LogP contribution in [0.15, 0.2) is 24.3 Å². The Morgan fingerprint density at radius 3 is 2.44 bits per heavy atom. The fourth-order valence-corrected chi connectivity index (χ4v) is 1.52. The summed E-state index contributed by atoms with van der Waals surface area (Å²) in [6, 6.07) is 7.84. The van der Waals surface area contributed by atoms with E-state index in [-0.39, 0.29) is 18.9 Å². The van der Waals surface area contributed by atoms with Crippen molar-refractivity contribution in [3.05, 3.63) is 29.8 Å². The summed E-state index contributed by atoms with van der Waals surface area (Å²) in [4.78, 5) is 11.2. The van der Waals surface area contributed by atoms with Gasteiger partial charge in [0.25, 0.3) is 0 Å².